The molecule has 2 heterocycles. The molecule has 0 amide bonds. The Bertz CT molecular complexity index is 1170. The summed E-state index contributed by atoms with van der Waals surface area (Å²) < 4.78 is 14.2. The molecule has 0 bridgehead atoms. The van der Waals surface area contributed by atoms with E-state index in [0.717, 1.165) is 40.3 Å². The van der Waals surface area contributed by atoms with Crippen molar-refractivity contribution in [3.05, 3.63) is 82.6 Å². The minimum Gasteiger partial charge on any atom is -0.370 e. The number of benzene rings is 2. The molecule has 30 heavy (non-hydrogen) atoms. The molecule has 0 saturated carbocycles. The van der Waals surface area contributed by atoms with Gasteiger partial charge in [0.15, 0.2) is 0 Å². The number of nitrogens with zero attached hydrogens (tertiary/aromatic N) is 2. The Morgan fingerprint density at radius 1 is 0.933 bits per heavy atom. The predicted molar refractivity (Wildman–Crippen MR) is 120 cm³/mol. The average Bonchev–Trinajstić information content (AvgIpc) is 3.07. The molecule has 0 aliphatic rings. The Balaban J connectivity index is 1.44. The summed E-state index contributed by atoms with van der Waals surface area (Å²) in [5.41, 5.74) is 5.01. The summed E-state index contributed by atoms with van der Waals surface area (Å²) in [5, 5.41) is 7.73. The van der Waals surface area contributed by atoms with Gasteiger partial charge in [-0.25, -0.2) is 14.4 Å². The van der Waals surface area contributed by atoms with Crippen LogP contribution in [0.2, 0.25) is 0 Å². The van der Waals surface area contributed by atoms with Gasteiger partial charge in [0, 0.05) is 30.2 Å². The minimum atomic E-state index is -0.210. The lowest BCUT2D eigenvalue weighted by molar-refractivity contribution is 0.637. The Morgan fingerprint density at radius 2 is 1.67 bits per heavy atom. The van der Waals surface area contributed by atoms with Gasteiger partial charge in [-0.1, -0.05) is 36.4 Å². The van der Waals surface area contributed by atoms with Crippen molar-refractivity contribution in [3.8, 4) is 0 Å². The largest absolute Gasteiger partial charge is 0.370 e. The van der Waals surface area contributed by atoms with Crippen LogP contribution in [-0.4, -0.2) is 21.5 Å². The molecule has 0 radical (unpaired) electrons. The molecule has 3 N–H and O–H groups in total. The first-order chi connectivity index (χ1) is 14.5. The van der Waals surface area contributed by atoms with Crippen LogP contribution in [0.25, 0.3) is 10.9 Å². The standard InChI is InChI=1S/C24H26FN5/c1-15-9-10-20(25)24-23(15)19(16(2)28-24)11-12-26-21-13-22(30-17(3)29-21)27-14-18-7-5-4-6-8-18/h4-10,13,28H,11-12,14H2,1-3H3,(H2,26,27,29,30). The number of hydrogen-bond acceptors (Lipinski definition) is 4. The Labute approximate surface area is 175 Å². The molecule has 2 aromatic carbocycles. The highest BCUT2D eigenvalue weighted by molar-refractivity contribution is 5.88. The third-order valence-electron chi connectivity index (χ3n) is 5.27. The molecule has 0 saturated heterocycles. The summed E-state index contributed by atoms with van der Waals surface area (Å²) in [4.78, 5) is 12.2. The fourth-order valence-electron chi connectivity index (χ4n) is 3.81. The van der Waals surface area contributed by atoms with Gasteiger partial charge < -0.3 is 15.6 Å². The fraction of sp³-hybridized carbons (Fsp3) is 0.250. The third-order valence-corrected chi connectivity index (χ3v) is 5.27. The van der Waals surface area contributed by atoms with Crippen molar-refractivity contribution in [1.29, 1.82) is 0 Å². The van der Waals surface area contributed by atoms with Crippen LogP contribution in [0.5, 0.6) is 0 Å². The van der Waals surface area contributed by atoms with E-state index in [0.29, 0.717) is 24.4 Å². The molecule has 0 spiro atoms. The summed E-state index contributed by atoms with van der Waals surface area (Å²) >= 11 is 0. The van der Waals surface area contributed by atoms with E-state index in [1.807, 2.05) is 51.1 Å². The number of anilines is 2. The van der Waals surface area contributed by atoms with Crippen LogP contribution < -0.4 is 10.6 Å². The SMILES string of the molecule is Cc1nc(NCCc2c(C)[nH]c3c(F)ccc(C)c23)cc(NCc2ccccc2)n1. The second-order valence-electron chi connectivity index (χ2n) is 7.54. The highest BCUT2D eigenvalue weighted by Gasteiger charge is 2.13. The van der Waals surface area contributed by atoms with Crippen molar-refractivity contribution >= 4 is 22.5 Å². The number of aromatic amines is 1. The molecule has 5 nitrogen and oxygen atoms in total. The van der Waals surface area contributed by atoms with Crippen LogP contribution >= 0.6 is 0 Å². The lowest BCUT2D eigenvalue weighted by Gasteiger charge is -2.11. The number of rotatable bonds is 7. The van der Waals surface area contributed by atoms with E-state index < -0.39 is 0 Å². The van der Waals surface area contributed by atoms with Gasteiger partial charge in [-0.15, -0.1) is 0 Å². The van der Waals surface area contributed by atoms with Gasteiger partial charge >= 0.3 is 0 Å². The maximum atomic E-state index is 14.2. The zero-order valence-electron chi connectivity index (χ0n) is 17.5. The molecule has 4 rings (SSSR count). The Kier molecular flexibility index (Phi) is 5.65. The van der Waals surface area contributed by atoms with Crippen LogP contribution in [0, 0.1) is 26.6 Å². The quantitative estimate of drug-likeness (QED) is 0.392. The van der Waals surface area contributed by atoms with Crippen molar-refractivity contribution < 1.29 is 4.39 Å². The highest BCUT2D eigenvalue weighted by atomic mass is 19.1. The monoisotopic (exact) mass is 403 g/mol. The number of hydrogen-bond donors (Lipinski definition) is 3. The van der Waals surface area contributed by atoms with E-state index in [9.17, 15) is 4.39 Å². The molecule has 0 aliphatic heterocycles. The second kappa shape index (κ2) is 8.53. The molecule has 4 aromatic rings. The van der Waals surface area contributed by atoms with E-state index in [1.165, 1.54) is 11.6 Å². The smallest absolute Gasteiger partial charge is 0.147 e. The third kappa shape index (κ3) is 4.27. The molecule has 2 aromatic heterocycles. The van der Waals surface area contributed by atoms with Crippen molar-refractivity contribution in [1.82, 2.24) is 15.0 Å². The summed E-state index contributed by atoms with van der Waals surface area (Å²) in [7, 11) is 0. The minimum absolute atomic E-state index is 0.210. The zero-order chi connectivity index (χ0) is 21.1. The van der Waals surface area contributed by atoms with Gasteiger partial charge in [0.1, 0.15) is 23.3 Å². The molecule has 0 fully saturated rings. The molecular formula is C24H26FN5. The summed E-state index contributed by atoms with van der Waals surface area (Å²) in [5.74, 6) is 2.06. The van der Waals surface area contributed by atoms with E-state index in [2.05, 4.69) is 37.7 Å². The number of aromatic nitrogens is 3. The highest BCUT2D eigenvalue weighted by Crippen LogP contribution is 2.28. The maximum Gasteiger partial charge on any atom is 0.147 e. The van der Waals surface area contributed by atoms with Gasteiger partial charge in [-0.05, 0) is 49.9 Å². The van der Waals surface area contributed by atoms with Crippen LogP contribution in [0.1, 0.15) is 28.2 Å². The Morgan fingerprint density at radius 3 is 2.43 bits per heavy atom. The van der Waals surface area contributed by atoms with Gasteiger partial charge in [-0.2, -0.15) is 0 Å². The van der Waals surface area contributed by atoms with Gasteiger partial charge in [0.05, 0.1) is 5.52 Å². The molecule has 0 atom stereocenters. The van der Waals surface area contributed by atoms with Gasteiger partial charge in [0.2, 0.25) is 0 Å². The Hall–Kier alpha value is -3.41. The zero-order valence-corrected chi connectivity index (χ0v) is 17.5. The summed E-state index contributed by atoms with van der Waals surface area (Å²) in [6.45, 7) is 7.29. The van der Waals surface area contributed by atoms with Crippen molar-refractivity contribution in [3.63, 3.8) is 0 Å². The van der Waals surface area contributed by atoms with Crippen molar-refractivity contribution in [2.24, 2.45) is 0 Å². The predicted octanol–water partition coefficient (Wildman–Crippen LogP) is 5.29. The van der Waals surface area contributed by atoms with E-state index in [4.69, 9.17) is 0 Å². The number of aryl methyl sites for hydroxylation is 3. The molecule has 0 aliphatic carbocycles. The number of fused-ring (bicyclic) bond motifs is 1. The van der Waals surface area contributed by atoms with Crippen molar-refractivity contribution in [2.45, 2.75) is 33.7 Å². The molecular weight excluding hydrogens is 377 g/mol. The van der Waals surface area contributed by atoms with E-state index in [1.54, 1.807) is 0 Å². The van der Waals surface area contributed by atoms with Crippen LogP contribution in [0.15, 0.2) is 48.5 Å². The van der Waals surface area contributed by atoms with Crippen LogP contribution in [-0.2, 0) is 13.0 Å². The van der Waals surface area contributed by atoms with Crippen LogP contribution in [0.4, 0.5) is 16.0 Å². The molecule has 154 valence electrons. The van der Waals surface area contributed by atoms with Gasteiger partial charge in [0.25, 0.3) is 0 Å². The first kappa shape index (κ1) is 19.9. The van der Waals surface area contributed by atoms with Crippen molar-refractivity contribution in [2.75, 3.05) is 17.2 Å². The van der Waals surface area contributed by atoms with Gasteiger partial charge in [-0.3, -0.25) is 0 Å². The first-order valence-corrected chi connectivity index (χ1v) is 10.1. The van der Waals surface area contributed by atoms with Crippen LogP contribution in [0.3, 0.4) is 0 Å². The fourth-order valence-corrected chi connectivity index (χ4v) is 3.81. The van der Waals surface area contributed by atoms with E-state index in [-0.39, 0.29) is 5.82 Å². The summed E-state index contributed by atoms with van der Waals surface area (Å²) in [6, 6.07) is 15.5. The number of halogens is 1. The lowest BCUT2D eigenvalue weighted by atomic mass is 10.0. The topological polar surface area (TPSA) is 65.6 Å². The van der Waals surface area contributed by atoms with E-state index >= 15 is 0 Å². The number of H-pyrrole nitrogens is 1. The first-order valence-electron chi connectivity index (χ1n) is 10.1. The second-order valence-corrected chi connectivity index (χ2v) is 7.54. The maximum absolute atomic E-state index is 14.2. The lowest BCUT2D eigenvalue weighted by Crippen LogP contribution is -2.10. The summed E-state index contributed by atoms with van der Waals surface area (Å²) in [6.07, 6.45) is 0.770. The molecule has 6 heteroatoms. The average molecular weight is 404 g/mol. The molecule has 0 unspecified atom stereocenters. The normalized spacial score (nSPS) is 11.1. The number of nitrogens with one attached hydrogen (secondary N) is 3.